The fraction of sp³-hybridized carbons (Fsp3) is 0.650. The van der Waals surface area contributed by atoms with Crippen molar-refractivity contribution in [2.75, 3.05) is 19.6 Å². The number of rotatable bonds is 5. The molecule has 0 bridgehead atoms. The number of carbonyl (C=O) groups excluding carboxylic acids is 1. The minimum Gasteiger partial charge on any atom is -0.342 e. The topological polar surface area (TPSA) is 46.3 Å². The van der Waals surface area contributed by atoms with Gasteiger partial charge in [0.25, 0.3) is 0 Å². The van der Waals surface area contributed by atoms with Crippen LogP contribution in [0.1, 0.15) is 44.1 Å². The van der Waals surface area contributed by atoms with E-state index in [0.717, 1.165) is 38.3 Å². The van der Waals surface area contributed by atoms with Gasteiger partial charge in [-0.15, -0.1) is 0 Å². The molecule has 1 aromatic rings. The third-order valence-electron chi connectivity index (χ3n) is 5.89. The molecule has 1 saturated carbocycles. The van der Waals surface area contributed by atoms with E-state index in [2.05, 4.69) is 35.2 Å². The van der Waals surface area contributed by atoms with Crippen LogP contribution in [0.3, 0.4) is 0 Å². The van der Waals surface area contributed by atoms with Crippen molar-refractivity contribution in [3.63, 3.8) is 0 Å². The minimum atomic E-state index is 0.209. The Hall–Kier alpha value is -1.35. The quantitative estimate of drug-likeness (QED) is 0.907. The lowest BCUT2D eigenvalue weighted by atomic mass is 9.89. The molecule has 2 fully saturated rings. The maximum atomic E-state index is 12.7. The number of nitrogens with zero attached hydrogens (tertiary/aromatic N) is 1. The number of carbonyl (C=O) groups is 1. The van der Waals surface area contributed by atoms with Crippen LogP contribution < -0.4 is 5.73 Å². The van der Waals surface area contributed by atoms with Gasteiger partial charge in [-0.2, -0.15) is 0 Å². The zero-order valence-electron chi connectivity index (χ0n) is 14.1. The van der Waals surface area contributed by atoms with Crippen molar-refractivity contribution in [1.29, 1.82) is 0 Å². The van der Waals surface area contributed by atoms with Crippen LogP contribution in [0.4, 0.5) is 0 Å². The monoisotopic (exact) mass is 314 g/mol. The second-order valence-electron chi connectivity index (χ2n) is 7.33. The summed E-state index contributed by atoms with van der Waals surface area (Å²) in [5.74, 6) is 1.80. The van der Waals surface area contributed by atoms with E-state index in [9.17, 15) is 4.79 Å². The fourth-order valence-electron chi connectivity index (χ4n) is 4.34. The number of hydrogen-bond donors (Lipinski definition) is 1. The van der Waals surface area contributed by atoms with Gasteiger partial charge in [-0.25, -0.2) is 0 Å². The second kappa shape index (κ2) is 7.96. The van der Waals surface area contributed by atoms with Crippen LogP contribution in [-0.4, -0.2) is 30.4 Å². The first-order valence-corrected chi connectivity index (χ1v) is 9.30. The molecule has 1 aromatic carbocycles. The zero-order valence-corrected chi connectivity index (χ0v) is 14.1. The first-order chi connectivity index (χ1) is 11.3. The van der Waals surface area contributed by atoms with Crippen molar-refractivity contribution in [2.45, 2.75) is 44.9 Å². The smallest absolute Gasteiger partial charge is 0.226 e. The molecule has 2 N–H and O–H groups in total. The molecule has 1 saturated heterocycles. The largest absolute Gasteiger partial charge is 0.342 e. The molecule has 1 aliphatic heterocycles. The van der Waals surface area contributed by atoms with Gasteiger partial charge in [0, 0.05) is 19.0 Å². The summed E-state index contributed by atoms with van der Waals surface area (Å²) in [4.78, 5) is 14.8. The minimum absolute atomic E-state index is 0.209. The lowest BCUT2D eigenvalue weighted by molar-refractivity contribution is -0.138. The van der Waals surface area contributed by atoms with Crippen LogP contribution in [0.15, 0.2) is 30.3 Å². The number of aryl methyl sites for hydroxylation is 1. The molecule has 0 radical (unpaired) electrons. The summed E-state index contributed by atoms with van der Waals surface area (Å²) in [6.07, 6.45) is 8.11. The Bertz CT molecular complexity index is 494. The summed E-state index contributed by atoms with van der Waals surface area (Å²) in [6.45, 7) is 2.57. The molecule has 1 aliphatic carbocycles. The van der Waals surface area contributed by atoms with Gasteiger partial charge < -0.3 is 10.6 Å². The van der Waals surface area contributed by atoms with Gasteiger partial charge in [0.2, 0.25) is 5.91 Å². The van der Waals surface area contributed by atoms with E-state index < -0.39 is 0 Å². The van der Waals surface area contributed by atoms with E-state index in [1.807, 2.05) is 0 Å². The van der Waals surface area contributed by atoms with Gasteiger partial charge in [-0.1, -0.05) is 36.8 Å². The van der Waals surface area contributed by atoms with Crippen LogP contribution in [0.5, 0.6) is 0 Å². The Morgan fingerprint density at radius 1 is 1.09 bits per heavy atom. The van der Waals surface area contributed by atoms with E-state index in [1.54, 1.807) is 0 Å². The Balaban J connectivity index is 1.44. The number of amides is 1. The Labute approximate surface area is 140 Å². The zero-order chi connectivity index (χ0) is 16.1. The summed E-state index contributed by atoms with van der Waals surface area (Å²) < 4.78 is 0. The summed E-state index contributed by atoms with van der Waals surface area (Å²) in [5, 5.41) is 0. The maximum absolute atomic E-state index is 12.7. The number of nitrogens with two attached hydrogens (primary N) is 1. The Kier molecular flexibility index (Phi) is 5.71. The van der Waals surface area contributed by atoms with Crippen LogP contribution in [0.2, 0.25) is 0 Å². The molecular formula is C20H30N2O. The van der Waals surface area contributed by atoms with Crippen molar-refractivity contribution in [1.82, 2.24) is 4.90 Å². The van der Waals surface area contributed by atoms with Gasteiger partial charge in [0.1, 0.15) is 0 Å². The predicted octanol–water partition coefficient (Wildman–Crippen LogP) is 3.23. The molecule has 3 rings (SSSR count). The summed E-state index contributed by atoms with van der Waals surface area (Å²) in [5.41, 5.74) is 7.27. The third kappa shape index (κ3) is 4.14. The molecule has 0 aromatic heterocycles. The van der Waals surface area contributed by atoms with Gasteiger partial charge in [0.05, 0.1) is 0 Å². The fourth-order valence-corrected chi connectivity index (χ4v) is 4.34. The lowest BCUT2D eigenvalue weighted by Gasteiger charge is -2.34. The van der Waals surface area contributed by atoms with Crippen molar-refractivity contribution in [3.8, 4) is 0 Å². The Morgan fingerprint density at radius 3 is 2.52 bits per heavy atom. The molecule has 0 spiro atoms. The van der Waals surface area contributed by atoms with Gasteiger partial charge in [-0.3, -0.25) is 4.79 Å². The second-order valence-corrected chi connectivity index (χ2v) is 7.33. The number of piperidine rings is 1. The lowest BCUT2D eigenvalue weighted by Crippen LogP contribution is -2.43. The first kappa shape index (κ1) is 16.5. The third-order valence-corrected chi connectivity index (χ3v) is 5.89. The Morgan fingerprint density at radius 2 is 1.83 bits per heavy atom. The van der Waals surface area contributed by atoms with Crippen molar-refractivity contribution < 1.29 is 4.79 Å². The maximum Gasteiger partial charge on any atom is 0.226 e. The van der Waals surface area contributed by atoms with E-state index in [4.69, 9.17) is 5.73 Å². The molecule has 126 valence electrons. The van der Waals surface area contributed by atoms with Crippen LogP contribution in [0.25, 0.3) is 0 Å². The molecule has 3 heteroatoms. The molecule has 2 aliphatic rings. The highest BCUT2D eigenvalue weighted by molar-refractivity contribution is 5.79. The molecular weight excluding hydrogens is 284 g/mol. The van der Waals surface area contributed by atoms with E-state index in [1.165, 1.54) is 31.2 Å². The highest BCUT2D eigenvalue weighted by atomic mass is 16.2. The summed E-state index contributed by atoms with van der Waals surface area (Å²) >= 11 is 0. The molecule has 1 amide bonds. The van der Waals surface area contributed by atoms with Crippen molar-refractivity contribution in [2.24, 2.45) is 23.5 Å². The van der Waals surface area contributed by atoms with Crippen LogP contribution in [-0.2, 0) is 11.2 Å². The highest BCUT2D eigenvalue weighted by Crippen LogP contribution is 2.33. The average molecular weight is 314 g/mol. The normalized spacial score (nSPS) is 25.7. The molecule has 2 atom stereocenters. The highest BCUT2D eigenvalue weighted by Gasteiger charge is 2.35. The number of likely N-dealkylation sites (tertiary alicyclic amines) is 1. The van der Waals surface area contributed by atoms with E-state index >= 15 is 0 Å². The van der Waals surface area contributed by atoms with Crippen LogP contribution >= 0.6 is 0 Å². The standard InChI is InChI=1S/C20H30N2O/c21-15-18-7-4-8-19(18)20(23)22-13-11-17(12-14-22)10-9-16-5-2-1-3-6-16/h1-3,5-6,17-19H,4,7-15,21H2/t18-,19-/m1/s1. The molecule has 23 heavy (non-hydrogen) atoms. The van der Waals surface area contributed by atoms with Crippen LogP contribution in [0, 0.1) is 17.8 Å². The van der Waals surface area contributed by atoms with E-state index in [0.29, 0.717) is 18.4 Å². The average Bonchev–Trinajstić information content (AvgIpc) is 3.09. The molecule has 0 unspecified atom stereocenters. The first-order valence-electron chi connectivity index (χ1n) is 9.30. The molecule has 3 nitrogen and oxygen atoms in total. The van der Waals surface area contributed by atoms with E-state index in [-0.39, 0.29) is 5.92 Å². The summed E-state index contributed by atoms with van der Waals surface area (Å²) in [6, 6.07) is 10.7. The van der Waals surface area contributed by atoms with Crippen molar-refractivity contribution >= 4 is 5.91 Å². The van der Waals surface area contributed by atoms with Crippen molar-refractivity contribution in [3.05, 3.63) is 35.9 Å². The number of benzene rings is 1. The number of hydrogen-bond acceptors (Lipinski definition) is 2. The van der Waals surface area contributed by atoms with Gasteiger partial charge >= 0.3 is 0 Å². The predicted molar refractivity (Wildman–Crippen MR) is 94.0 cm³/mol. The summed E-state index contributed by atoms with van der Waals surface area (Å²) in [7, 11) is 0. The van der Waals surface area contributed by atoms with Gasteiger partial charge in [0.15, 0.2) is 0 Å². The molecule has 1 heterocycles. The SMILES string of the molecule is NC[C@H]1CCC[C@H]1C(=O)N1CCC(CCc2ccccc2)CC1. The van der Waals surface area contributed by atoms with Gasteiger partial charge in [-0.05, 0) is 62.5 Å².